The quantitative estimate of drug-likeness (QED) is 0.883. The summed E-state index contributed by atoms with van der Waals surface area (Å²) in [6.07, 6.45) is 2.86. The molecule has 22 heavy (non-hydrogen) atoms. The van der Waals surface area contributed by atoms with Crippen LogP contribution in [-0.4, -0.2) is 17.0 Å². The molecule has 1 aromatic heterocycles. The number of hydrogen-bond acceptors (Lipinski definition) is 3. The van der Waals surface area contributed by atoms with Crippen molar-refractivity contribution in [2.24, 2.45) is 0 Å². The van der Waals surface area contributed by atoms with Gasteiger partial charge in [-0.25, -0.2) is 4.98 Å². The normalized spacial score (nSPS) is 10.7. The van der Waals surface area contributed by atoms with Crippen LogP contribution in [0, 0.1) is 6.92 Å². The van der Waals surface area contributed by atoms with Gasteiger partial charge in [-0.05, 0) is 37.5 Å². The van der Waals surface area contributed by atoms with Crippen molar-refractivity contribution in [1.29, 1.82) is 0 Å². The Morgan fingerprint density at radius 3 is 2.55 bits per heavy atom. The fraction of sp³-hybridized carbons (Fsp3) is 0.412. The van der Waals surface area contributed by atoms with E-state index in [0.717, 1.165) is 36.1 Å². The third-order valence-corrected chi connectivity index (χ3v) is 3.94. The van der Waals surface area contributed by atoms with Gasteiger partial charge in [0, 0.05) is 29.9 Å². The SMILES string of the molecule is CCCCc1c(C)nc(N(C)Cc2ccc(Cl)cc2)[nH]c1=O. The van der Waals surface area contributed by atoms with Gasteiger partial charge in [0.05, 0.1) is 0 Å². The van der Waals surface area contributed by atoms with Crippen molar-refractivity contribution in [3.8, 4) is 0 Å². The van der Waals surface area contributed by atoms with Gasteiger partial charge < -0.3 is 4.90 Å². The number of rotatable bonds is 6. The lowest BCUT2D eigenvalue weighted by Gasteiger charge is -2.19. The van der Waals surface area contributed by atoms with Crippen LogP contribution in [0.2, 0.25) is 5.02 Å². The van der Waals surface area contributed by atoms with E-state index >= 15 is 0 Å². The standard InChI is InChI=1S/C17H22ClN3O/c1-4-5-6-15-12(2)19-17(20-16(15)22)21(3)11-13-7-9-14(18)10-8-13/h7-10H,4-6,11H2,1-3H3,(H,19,20,22). The first-order valence-corrected chi connectivity index (χ1v) is 7.94. The van der Waals surface area contributed by atoms with E-state index in [1.165, 1.54) is 0 Å². The van der Waals surface area contributed by atoms with Gasteiger partial charge in [0.1, 0.15) is 0 Å². The molecule has 0 spiro atoms. The Bertz CT molecular complexity index is 679. The van der Waals surface area contributed by atoms with Gasteiger partial charge in [-0.1, -0.05) is 37.1 Å². The average Bonchev–Trinajstić information content (AvgIpc) is 2.48. The third kappa shape index (κ3) is 4.10. The Morgan fingerprint density at radius 2 is 1.95 bits per heavy atom. The molecule has 1 aromatic carbocycles. The van der Waals surface area contributed by atoms with E-state index in [1.807, 2.05) is 43.1 Å². The zero-order chi connectivity index (χ0) is 16.1. The predicted octanol–water partition coefficient (Wildman–Crippen LogP) is 3.71. The zero-order valence-electron chi connectivity index (χ0n) is 13.3. The van der Waals surface area contributed by atoms with Gasteiger partial charge in [0.2, 0.25) is 5.95 Å². The molecule has 2 rings (SSSR count). The first-order valence-electron chi connectivity index (χ1n) is 7.56. The second-order valence-corrected chi connectivity index (χ2v) is 5.98. The maximum Gasteiger partial charge on any atom is 0.255 e. The number of nitrogens with zero attached hydrogens (tertiary/aromatic N) is 2. The highest BCUT2D eigenvalue weighted by Gasteiger charge is 2.11. The lowest BCUT2D eigenvalue weighted by atomic mass is 10.1. The van der Waals surface area contributed by atoms with Crippen LogP contribution in [0.3, 0.4) is 0 Å². The van der Waals surface area contributed by atoms with Gasteiger partial charge in [-0.3, -0.25) is 9.78 Å². The number of aromatic amines is 1. The van der Waals surface area contributed by atoms with Crippen LogP contribution in [0.25, 0.3) is 0 Å². The first kappa shape index (κ1) is 16.6. The Hall–Kier alpha value is -1.81. The lowest BCUT2D eigenvalue weighted by Crippen LogP contribution is -2.25. The van der Waals surface area contributed by atoms with E-state index < -0.39 is 0 Å². The van der Waals surface area contributed by atoms with Crippen LogP contribution >= 0.6 is 11.6 Å². The molecule has 5 heteroatoms. The van der Waals surface area contributed by atoms with Crippen molar-refractivity contribution in [2.75, 3.05) is 11.9 Å². The fourth-order valence-corrected chi connectivity index (χ4v) is 2.49. The fourth-order valence-electron chi connectivity index (χ4n) is 2.36. The maximum atomic E-state index is 12.2. The van der Waals surface area contributed by atoms with Crippen molar-refractivity contribution in [3.63, 3.8) is 0 Å². The van der Waals surface area contributed by atoms with Crippen molar-refractivity contribution in [1.82, 2.24) is 9.97 Å². The van der Waals surface area contributed by atoms with Crippen molar-refractivity contribution in [2.45, 2.75) is 39.7 Å². The van der Waals surface area contributed by atoms with Crippen molar-refractivity contribution < 1.29 is 0 Å². The minimum Gasteiger partial charge on any atom is -0.341 e. The maximum absolute atomic E-state index is 12.2. The Labute approximate surface area is 136 Å². The second-order valence-electron chi connectivity index (χ2n) is 5.54. The molecular formula is C17H22ClN3O. The zero-order valence-corrected chi connectivity index (χ0v) is 14.1. The van der Waals surface area contributed by atoms with Crippen molar-refractivity contribution >= 4 is 17.5 Å². The summed E-state index contributed by atoms with van der Waals surface area (Å²) in [6, 6.07) is 7.67. The number of aryl methyl sites for hydroxylation is 1. The lowest BCUT2D eigenvalue weighted by molar-refractivity contribution is 0.766. The van der Waals surface area contributed by atoms with Gasteiger partial charge in [-0.15, -0.1) is 0 Å². The van der Waals surface area contributed by atoms with Crippen LogP contribution in [-0.2, 0) is 13.0 Å². The minimum atomic E-state index is -0.0288. The summed E-state index contributed by atoms with van der Waals surface area (Å²) < 4.78 is 0. The highest BCUT2D eigenvalue weighted by Crippen LogP contribution is 2.14. The van der Waals surface area contributed by atoms with Gasteiger partial charge in [0.15, 0.2) is 0 Å². The number of benzene rings is 1. The van der Waals surface area contributed by atoms with Crippen LogP contribution < -0.4 is 10.5 Å². The largest absolute Gasteiger partial charge is 0.341 e. The highest BCUT2D eigenvalue weighted by atomic mass is 35.5. The summed E-state index contributed by atoms with van der Waals surface area (Å²) in [5.41, 5.74) is 2.70. The number of unbranched alkanes of at least 4 members (excludes halogenated alkanes) is 1. The summed E-state index contributed by atoms with van der Waals surface area (Å²) in [5.74, 6) is 0.595. The molecule has 0 bridgehead atoms. The molecule has 1 N–H and O–H groups in total. The van der Waals surface area contributed by atoms with Gasteiger partial charge in [0.25, 0.3) is 5.56 Å². The van der Waals surface area contributed by atoms with Crippen LogP contribution in [0.15, 0.2) is 29.1 Å². The number of H-pyrrole nitrogens is 1. The molecule has 0 aliphatic rings. The Kier molecular flexibility index (Phi) is 5.61. The third-order valence-electron chi connectivity index (χ3n) is 3.68. The molecule has 0 radical (unpaired) electrons. The first-order chi connectivity index (χ1) is 10.5. The molecule has 0 saturated heterocycles. The van der Waals surface area contributed by atoms with Crippen LogP contribution in [0.5, 0.6) is 0 Å². The van der Waals surface area contributed by atoms with Gasteiger partial charge in [-0.2, -0.15) is 0 Å². The Balaban J connectivity index is 2.17. The van der Waals surface area contributed by atoms with E-state index in [-0.39, 0.29) is 5.56 Å². The van der Waals surface area contributed by atoms with E-state index in [9.17, 15) is 4.79 Å². The predicted molar refractivity (Wildman–Crippen MR) is 91.8 cm³/mol. The number of halogens is 1. The van der Waals surface area contributed by atoms with Gasteiger partial charge >= 0.3 is 0 Å². The number of nitrogens with one attached hydrogen (secondary N) is 1. The summed E-state index contributed by atoms with van der Waals surface area (Å²) in [7, 11) is 1.91. The van der Waals surface area contributed by atoms with E-state index in [1.54, 1.807) is 0 Å². The monoisotopic (exact) mass is 319 g/mol. The number of anilines is 1. The van der Waals surface area contributed by atoms with E-state index in [0.29, 0.717) is 17.5 Å². The molecule has 1 heterocycles. The van der Waals surface area contributed by atoms with Crippen LogP contribution in [0.4, 0.5) is 5.95 Å². The summed E-state index contributed by atoms with van der Waals surface area (Å²) in [4.78, 5) is 21.6. The molecule has 0 aliphatic heterocycles. The topological polar surface area (TPSA) is 49.0 Å². The Morgan fingerprint density at radius 1 is 1.27 bits per heavy atom. The summed E-state index contributed by atoms with van der Waals surface area (Å²) in [6.45, 7) is 4.68. The molecule has 118 valence electrons. The van der Waals surface area contributed by atoms with Crippen molar-refractivity contribution in [3.05, 3.63) is 56.5 Å². The molecule has 0 saturated carbocycles. The molecule has 0 atom stereocenters. The number of hydrogen-bond donors (Lipinski definition) is 1. The molecule has 0 aliphatic carbocycles. The number of aromatic nitrogens is 2. The molecular weight excluding hydrogens is 298 g/mol. The van der Waals surface area contributed by atoms with E-state index in [4.69, 9.17) is 11.6 Å². The van der Waals surface area contributed by atoms with Crippen LogP contribution in [0.1, 0.15) is 36.6 Å². The molecule has 0 amide bonds. The molecule has 0 unspecified atom stereocenters. The highest BCUT2D eigenvalue weighted by molar-refractivity contribution is 6.30. The smallest absolute Gasteiger partial charge is 0.255 e. The minimum absolute atomic E-state index is 0.0288. The molecule has 2 aromatic rings. The summed E-state index contributed by atoms with van der Waals surface area (Å²) in [5, 5.41) is 0.717. The van der Waals surface area contributed by atoms with E-state index in [2.05, 4.69) is 16.9 Å². The molecule has 0 fully saturated rings. The average molecular weight is 320 g/mol. The summed E-state index contributed by atoms with van der Waals surface area (Å²) >= 11 is 5.89. The second kappa shape index (κ2) is 7.45. The molecule has 4 nitrogen and oxygen atoms in total.